The third kappa shape index (κ3) is 2.29. The van der Waals surface area contributed by atoms with Gasteiger partial charge in [0.15, 0.2) is 0 Å². The molecule has 20 heavy (non-hydrogen) atoms. The minimum atomic E-state index is -0.190. The summed E-state index contributed by atoms with van der Waals surface area (Å²) in [5.41, 5.74) is 10.1. The van der Waals surface area contributed by atoms with Crippen LogP contribution in [-0.4, -0.2) is 0 Å². The van der Waals surface area contributed by atoms with Crippen LogP contribution >= 0.6 is 0 Å². The van der Waals surface area contributed by atoms with Crippen molar-refractivity contribution in [1.82, 2.24) is 0 Å². The number of benzene rings is 2. The van der Waals surface area contributed by atoms with Gasteiger partial charge >= 0.3 is 0 Å². The summed E-state index contributed by atoms with van der Waals surface area (Å²) in [6.07, 6.45) is 0.598. The standard InChI is InChI=1S/C17H18FNO/c1-10-3-6-16-13(7-10)15(19)9-17(20-16)12-4-5-14(18)11(2)8-12/h3-8,15,17H,9,19H2,1-2H3/t15-,17?/m1/s1. The van der Waals surface area contributed by atoms with Crippen LogP contribution in [0.4, 0.5) is 4.39 Å². The largest absolute Gasteiger partial charge is 0.485 e. The first-order valence-electron chi connectivity index (χ1n) is 6.83. The number of ether oxygens (including phenoxy) is 1. The fourth-order valence-electron chi connectivity index (χ4n) is 2.70. The second-order valence-corrected chi connectivity index (χ2v) is 5.50. The highest BCUT2D eigenvalue weighted by Gasteiger charge is 2.27. The van der Waals surface area contributed by atoms with Crippen LogP contribution in [0.25, 0.3) is 0 Å². The lowest BCUT2D eigenvalue weighted by Gasteiger charge is -2.31. The Morgan fingerprint density at radius 3 is 2.70 bits per heavy atom. The van der Waals surface area contributed by atoms with E-state index in [1.54, 1.807) is 13.0 Å². The Hall–Kier alpha value is -1.87. The third-order valence-electron chi connectivity index (χ3n) is 3.86. The molecule has 3 heteroatoms. The maximum atomic E-state index is 13.4. The first-order chi connectivity index (χ1) is 9.54. The van der Waals surface area contributed by atoms with Gasteiger partial charge in [-0.1, -0.05) is 23.8 Å². The summed E-state index contributed by atoms with van der Waals surface area (Å²) in [6.45, 7) is 3.81. The van der Waals surface area contributed by atoms with Crippen molar-refractivity contribution in [2.24, 2.45) is 5.73 Å². The van der Waals surface area contributed by atoms with Gasteiger partial charge in [0.05, 0.1) is 0 Å². The molecule has 0 amide bonds. The van der Waals surface area contributed by atoms with Crippen molar-refractivity contribution in [3.8, 4) is 5.75 Å². The van der Waals surface area contributed by atoms with Crippen LogP contribution < -0.4 is 10.5 Å². The van der Waals surface area contributed by atoms with Crippen molar-refractivity contribution < 1.29 is 9.13 Å². The lowest BCUT2D eigenvalue weighted by Crippen LogP contribution is -2.24. The maximum Gasteiger partial charge on any atom is 0.126 e. The summed E-state index contributed by atoms with van der Waals surface area (Å²) < 4.78 is 19.4. The van der Waals surface area contributed by atoms with Crippen LogP contribution in [0, 0.1) is 19.7 Å². The molecule has 0 saturated carbocycles. The normalized spacial score (nSPS) is 21.2. The van der Waals surface area contributed by atoms with Gasteiger partial charge in [0, 0.05) is 18.0 Å². The van der Waals surface area contributed by atoms with Gasteiger partial charge in [-0.3, -0.25) is 0 Å². The van der Waals surface area contributed by atoms with Gasteiger partial charge in [-0.25, -0.2) is 4.39 Å². The Labute approximate surface area is 118 Å². The van der Waals surface area contributed by atoms with Crippen LogP contribution in [0.2, 0.25) is 0 Å². The molecule has 0 spiro atoms. The minimum absolute atomic E-state index is 0.0472. The Kier molecular flexibility index (Phi) is 3.22. The van der Waals surface area contributed by atoms with Gasteiger partial charge in [-0.15, -0.1) is 0 Å². The van der Waals surface area contributed by atoms with E-state index in [9.17, 15) is 4.39 Å². The molecule has 0 aromatic heterocycles. The molecule has 2 nitrogen and oxygen atoms in total. The molecule has 2 N–H and O–H groups in total. The van der Waals surface area contributed by atoms with Crippen LogP contribution in [-0.2, 0) is 0 Å². The molecule has 3 rings (SSSR count). The smallest absolute Gasteiger partial charge is 0.126 e. The van der Waals surface area contributed by atoms with Gasteiger partial charge in [0.1, 0.15) is 17.7 Å². The van der Waals surface area contributed by atoms with E-state index in [-0.39, 0.29) is 18.0 Å². The third-order valence-corrected chi connectivity index (χ3v) is 3.86. The summed E-state index contributed by atoms with van der Waals surface area (Å²) in [4.78, 5) is 0. The molecule has 2 aromatic carbocycles. The fraction of sp³-hybridized carbons (Fsp3) is 0.294. The molecular formula is C17H18FNO. The Bertz CT molecular complexity index is 653. The van der Waals surface area contributed by atoms with Crippen molar-refractivity contribution in [3.05, 3.63) is 64.5 Å². The average Bonchev–Trinajstić information content (AvgIpc) is 2.42. The molecule has 0 saturated heterocycles. The van der Waals surface area contributed by atoms with Gasteiger partial charge in [-0.2, -0.15) is 0 Å². The Morgan fingerprint density at radius 1 is 1.15 bits per heavy atom. The number of hydrogen-bond donors (Lipinski definition) is 1. The van der Waals surface area contributed by atoms with Gasteiger partial charge in [0.2, 0.25) is 0 Å². The highest BCUT2D eigenvalue weighted by Crippen LogP contribution is 2.40. The van der Waals surface area contributed by atoms with E-state index in [4.69, 9.17) is 10.5 Å². The van der Waals surface area contributed by atoms with Crippen molar-refractivity contribution >= 4 is 0 Å². The molecule has 0 fully saturated rings. The molecule has 1 aliphatic rings. The summed E-state index contributed by atoms with van der Waals surface area (Å²) >= 11 is 0. The molecule has 0 radical (unpaired) electrons. The molecule has 2 atom stereocenters. The highest BCUT2D eigenvalue weighted by molar-refractivity contribution is 5.42. The number of hydrogen-bond acceptors (Lipinski definition) is 2. The fourth-order valence-corrected chi connectivity index (χ4v) is 2.70. The lowest BCUT2D eigenvalue weighted by atomic mass is 9.92. The van der Waals surface area contributed by atoms with E-state index in [0.717, 1.165) is 16.9 Å². The molecule has 0 aliphatic carbocycles. The molecule has 1 aliphatic heterocycles. The Balaban J connectivity index is 1.94. The first kappa shape index (κ1) is 13.1. The van der Waals surface area contributed by atoms with E-state index in [1.165, 1.54) is 11.6 Å². The molecule has 1 heterocycles. The second kappa shape index (κ2) is 4.91. The lowest BCUT2D eigenvalue weighted by molar-refractivity contribution is 0.161. The quantitative estimate of drug-likeness (QED) is 0.852. The maximum absolute atomic E-state index is 13.4. The molecule has 1 unspecified atom stereocenters. The molecule has 2 aromatic rings. The molecule has 104 valence electrons. The van der Waals surface area contributed by atoms with E-state index < -0.39 is 0 Å². The average molecular weight is 271 g/mol. The van der Waals surface area contributed by atoms with Crippen LogP contribution in [0.1, 0.15) is 40.8 Å². The second-order valence-electron chi connectivity index (χ2n) is 5.50. The Morgan fingerprint density at radius 2 is 1.95 bits per heavy atom. The minimum Gasteiger partial charge on any atom is -0.485 e. The summed E-state index contributed by atoms with van der Waals surface area (Å²) in [6, 6.07) is 11.1. The van der Waals surface area contributed by atoms with Crippen LogP contribution in [0.3, 0.4) is 0 Å². The number of halogens is 1. The predicted molar refractivity (Wildman–Crippen MR) is 77.2 cm³/mol. The summed E-state index contributed by atoms with van der Waals surface area (Å²) in [5, 5.41) is 0. The number of fused-ring (bicyclic) bond motifs is 1. The topological polar surface area (TPSA) is 35.2 Å². The monoisotopic (exact) mass is 271 g/mol. The van der Waals surface area contributed by atoms with E-state index in [1.807, 2.05) is 25.1 Å². The van der Waals surface area contributed by atoms with Crippen molar-refractivity contribution in [1.29, 1.82) is 0 Å². The molecular weight excluding hydrogens is 253 g/mol. The zero-order chi connectivity index (χ0) is 14.3. The van der Waals surface area contributed by atoms with Gasteiger partial charge in [0.25, 0.3) is 0 Å². The van der Waals surface area contributed by atoms with Crippen LogP contribution in [0.15, 0.2) is 36.4 Å². The van der Waals surface area contributed by atoms with E-state index >= 15 is 0 Å². The number of nitrogens with two attached hydrogens (primary N) is 1. The predicted octanol–water partition coefficient (Wildman–Crippen LogP) is 3.97. The van der Waals surface area contributed by atoms with Gasteiger partial charge in [-0.05, 0) is 43.2 Å². The number of aryl methyl sites for hydroxylation is 2. The summed E-state index contributed by atoms with van der Waals surface area (Å²) in [7, 11) is 0. The SMILES string of the molecule is Cc1ccc2c(c1)[C@H](N)CC(c1ccc(F)c(C)c1)O2. The first-order valence-corrected chi connectivity index (χ1v) is 6.83. The number of rotatable bonds is 1. The summed E-state index contributed by atoms with van der Waals surface area (Å²) in [5.74, 6) is 0.645. The van der Waals surface area contributed by atoms with Crippen molar-refractivity contribution in [3.63, 3.8) is 0 Å². The van der Waals surface area contributed by atoms with Gasteiger partial charge < -0.3 is 10.5 Å². The molecule has 0 bridgehead atoms. The zero-order valence-corrected chi connectivity index (χ0v) is 11.7. The van der Waals surface area contributed by atoms with Crippen LogP contribution in [0.5, 0.6) is 5.75 Å². The van der Waals surface area contributed by atoms with Crippen molar-refractivity contribution in [2.45, 2.75) is 32.4 Å². The highest BCUT2D eigenvalue weighted by atomic mass is 19.1. The van der Waals surface area contributed by atoms with E-state index in [2.05, 4.69) is 6.07 Å². The van der Waals surface area contributed by atoms with E-state index in [0.29, 0.717) is 12.0 Å². The zero-order valence-electron chi connectivity index (χ0n) is 11.7. The van der Waals surface area contributed by atoms with Crippen molar-refractivity contribution in [2.75, 3.05) is 0 Å².